The highest BCUT2D eigenvalue weighted by Gasteiger charge is 2.44. The number of halogens is 1. The Morgan fingerprint density at radius 2 is 2.11 bits per heavy atom. The van der Waals surface area contributed by atoms with E-state index in [-0.39, 0.29) is 42.8 Å². The van der Waals surface area contributed by atoms with E-state index in [9.17, 15) is 14.4 Å². The van der Waals surface area contributed by atoms with Crippen molar-refractivity contribution in [3.05, 3.63) is 29.3 Å². The van der Waals surface area contributed by atoms with Crippen LogP contribution >= 0.6 is 23.4 Å². The summed E-state index contributed by atoms with van der Waals surface area (Å²) in [4.78, 5) is 35.6. The molecule has 2 heterocycles. The number of hydrogen-bond donors (Lipinski definition) is 4. The minimum absolute atomic E-state index is 0.0860. The maximum atomic E-state index is 12.4. The van der Waals surface area contributed by atoms with Gasteiger partial charge in [0.2, 0.25) is 11.8 Å². The summed E-state index contributed by atoms with van der Waals surface area (Å²) in [5, 5.41) is 11.2. The number of hydrazine groups is 1. The molecule has 0 spiro atoms. The second kappa shape index (κ2) is 9.46. The molecule has 2 saturated heterocycles. The number of carbonyl (C=O) groups excluding carboxylic acids is 3. The van der Waals surface area contributed by atoms with E-state index in [4.69, 9.17) is 16.3 Å². The highest BCUT2D eigenvalue weighted by Crippen LogP contribution is 2.27. The first-order valence-electron chi connectivity index (χ1n) is 8.86. The highest BCUT2D eigenvalue weighted by atomic mass is 35.5. The topological polar surface area (TPSA) is 112 Å². The van der Waals surface area contributed by atoms with Crippen molar-refractivity contribution >= 4 is 46.8 Å². The predicted octanol–water partition coefficient (Wildman–Crippen LogP) is 0.0224. The molecule has 0 aliphatic carbocycles. The average Bonchev–Trinajstić information content (AvgIpc) is 3.10. The van der Waals surface area contributed by atoms with Gasteiger partial charge in [-0.25, -0.2) is 5.43 Å². The number of rotatable bonds is 7. The van der Waals surface area contributed by atoms with Gasteiger partial charge in [-0.2, -0.15) is 0 Å². The molecule has 0 radical (unpaired) electrons. The lowest BCUT2D eigenvalue weighted by Crippen LogP contribution is -2.63. The maximum absolute atomic E-state index is 12.4. The molecule has 4 N–H and O–H groups in total. The van der Waals surface area contributed by atoms with Gasteiger partial charge in [0.05, 0.1) is 24.0 Å². The minimum Gasteiger partial charge on any atom is -0.465 e. The Labute approximate surface area is 171 Å². The molecule has 152 valence electrons. The number of amides is 2. The number of carbonyl (C=O) groups is 3. The number of ether oxygens (including phenoxy) is 1. The first-order chi connectivity index (χ1) is 13.5. The molecule has 3 unspecified atom stereocenters. The largest absolute Gasteiger partial charge is 0.465 e. The van der Waals surface area contributed by atoms with Crippen molar-refractivity contribution < 1.29 is 19.1 Å². The Balaban J connectivity index is 1.53. The summed E-state index contributed by atoms with van der Waals surface area (Å²) in [6.45, 7) is 2.30. The van der Waals surface area contributed by atoms with E-state index < -0.39 is 11.5 Å². The smallest absolute Gasteiger partial charge is 0.325 e. The van der Waals surface area contributed by atoms with Gasteiger partial charge in [-0.15, -0.1) is 11.8 Å². The van der Waals surface area contributed by atoms with Crippen LogP contribution in [-0.2, 0) is 19.1 Å². The monoisotopic (exact) mass is 427 g/mol. The van der Waals surface area contributed by atoms with E-state index in [1.54, 1.807) is 19.1 Å². The fourth-order valence-corrected chi connectivity index (χ4v) is 3.96. The maximum Gasteiger partial charge on any atom is 0.325 e. The SMILES string of the molecule is CCOC(=O)CNC(=O)CSC1NC(=O)C2CNN(c3ccc(Cl)cc3)C2N1. The Morgan fingerprint density at radius 3 is 2.82 bits per heavy atom. The van der Waals surface area contributed by atoms with Crippen molar-refractivity contribution in [2.45, 2.75) is 18.6 Å². The van der Waals surface area contributed by atoms with Crippen LogP contribution in [0.4, 0.5) is 5.69 Å². The molecular formula is C17H22ClN5O4S. The molecule has 3 rings (SSSR count). The van der Waals surface area contributed by atoms with Crippen LogP contribution in [0.2, 0.25) is 5.02 Å². The first-order valence-corrected chi connectivity index (χ1v) is 10.3. The Hall–Kier alpha value is -2.01. The molecule has 9 nitrogen and oxygen atoms in total. The number of hydrogen-bond acceptors (Lipinski definition) is 8. The summed E-state index contributed by atoms with van der Waals surface area (Å²) in [5.74, 6) is -1.05. The fraction of sp³-hybridized carbons (Fsp3) is 0.471. The first kappa shape index (κ1) is 20.7. The molecule has 28 heavy (non-hydrogen) atoms. The quantitative estimate of drug-likeness (QED) is 0.451. The zero-order chi connectivity index (χ0) is 20.1. The number of nitrogens with one attached hydrogen (secondary N) is 4. The molecule has 2 aliphatic heterocycles. The summed E-state index contributed by atoms with van der Waals surface area (Å²) >= 11 is 7.19. The lowest BCUT2D eigenvalue weighted by molar-refractivity contribution is -0.143. The normalized spacial score (nSPS) is 23.7. The van der Waals surface area contributed by atoms with Gasteiger partial charge in [0, 0.05) is 11.6 Å². The summed E-state index contributed by atoms with van der Waals surface area (Å²) in [6.07, 6.45) is -0.255. The summed E-state index contributed by atoms with van der Waals surface area (Å²) in [5.41, 5.74) is 3.67. The third-order valence-corrected chi connectivity index (χ3v) is 5.56. The summed E-state index contributed by atoms with van der Waals surface area (Å²) in [6, 6.07) is 7.32. The molecule has 1 aromatic rings. The van der Waals surface area contributed by atoms with Gasteiger partial charge >= 0.3 is 5.97 Å². The van der Waals surface area contributed by atoms with Crippen LogP contribution in [0.25, 0.3) is 0 Å². The number of thioether (sulfide) groups is 1. The van der Waals surface area contributed by atoms with E-state index in [2.05, 4.69) is 21.4 Å². The molecule has 3 atom stereocenters. The lowest BCUT2D eigenvalue weighted by atomic mass is 10.1. The van der Waals surface area contributed by atoms with E-state index >= 15 is 0 Å². The summed E-state index contributed by atoms with van der Waals surface area (Å²) in [7, 11) is 0. The van der Waals surface area contributed by atoms with Crippen molar-refractivity contribution in [3.63, 3.8) is 0 Å². The predicted molar refractivity (Wildman–Crippen MR) is 106 cm³/mol. The number of fused-ring (bicyclic) bond motifs is 1. The third-order valence-electron chi connectivity index (χ3n) is 4.29. The van der Waals surface area contributed by atoms with Crippen LogP contribution in [0.3, 0.4) is 0 Å². The van der Waals surface area contributed by atoms with Crippen LogP contribution in [0.15, 0.2) is 24.3 Å². The minimum atomic E-state index is -0.483. The molecule has 0 aromatic heterocycles. The standard InChI is InChI=1S/C17H22ClN5O4S/c1-2-27-14(25)8-19-13(24)9-28-17-21-15-12(16(26)22-17)7-20-23(15)11-5-3-10(18)4-6-11/h3-6,12,15,17,20-21H,2,7-9H2,1H3,(H,19,24)(H,22,26). The molecule has 11 heteroatoms. The molecular weight excluding hydrogens is 406 g/mol. The van der Waals surface area contributed by atoms with Crippen molar-refractivity contribution in [3.8, 4) is 0 Å². The van der Waals surface area contributed by atoms with Crippen molar-refractivity contribution in [1.82, 2.24) is 21.4 Å². The Kier molecular flexibility index (Phi) is 7.00. The molecule has 2 amide bonds. The van der Waals surface area contributed by atoms with E-state index in [0.717, 1.165) is 5.69 Å². The van der Waals surface area contributed by atoms with Gasteiger partial charge in [0.25, 0.3) is 0 Å². The van der Waals surface area contributed by atoms with Crippen LogP contribution in [-0.4, -0.2) is 54.9 Å². The molecule has 2 aliphatic rings. The number of nitrogens with zero attached hydrogens (tertiary/aromatic N) is 1. The molecule has 2 fully saturated rings. The lowest BCUT2D eigenvalue weighted by Gasteiger charge is -2.37. The molecule has 0 bridgehead atoms. The Morgan fingerprint density at radius 1 is 1.36 bits per heavy atom. The number of esters is 1. The van der Waals surface area contributed by atoms with Gasteiger partial charge in [-0.05, 0) is 31.2 Å². The van der Waals surface area contributed by atoms with E-state index in [0.29, 0.717) is 11.6 Å². The van der Waals surface area contributed by atoms with Crippen LogP contribution in [0.1, 0.15) is 6.92 Å². The number of benzene rings is 1. The van der Waals surface area contributed by atoms with Crippen molar-refractivity contribution in [1.29, 1.82) is 0 Å². The summed E-state index contributed by atoms with van der Waals surface area (Å²) < 4.78 is 4.76. The second-order valence-electron chi connectivity index (χ2n) is 6.21. The van der Waals surface area contributed by atoms with Crippen molar-refractivity contribution in [2.24, 2.45) is 5.92 Å². The van der Waals surface area contributed by atoms with Gasteiger partial charge in [0.1, 0.15) is 18.2 Å². The van der Waals surface area contributed by atoms with Crippen LogP contribution in [0, 0.1) is 5.92 Å². The van der Waals surface area contributed by atoms with Gasteiger partial charge < -0.3 is 15.4 Å². The van der Waals surface area contributed by atoms with Crippen LogP contribution < -0.4 is 26.4 Å². The van der Waals surface area contributed by atoms with Crippen molar-refractivity contribution in [2.75, 3.05) is 30.5 Å². The van der Waals surface area contributed by atoms with E-state index in [1.807, 2.05) is 17.1 Å². The average molecular weight is 428 g/mol. The molecule has 0 saturated carbocycles. The third kappa shape index (κ3) is 5.07. The van der Waals surface area contributed by atoms with Gasteiger partial charge in [-0.1, -0.05) is 11.6 Å². The fourth-order valence-electron chi connectivity index (χ4n) is 2.98. The Bertz CT molecular complexity index is 735. The zero-order valence-electron chi connectivity index (χ0n) is 15.2. The van der Waals surface area contributed by atoms with Gasteiger partial charge in [-0.3, -0.25) is 24.7 Å². The number of anilines is 1. The van der Waals surface area contributed by atoms with E-state index in [1.165, 1.54) is 11.8 Å². The van der Waals surface area contributed by atoms with Crippen LogP contribution in [0.5, 0.6) is 0 Å². The second-order valence-corrected chi connectivity index (χ2v) is 7.74. The van der Waals surface area contributed by atoms with Gasteiger partial charge in [0.15, 0.2) is 0 Å². The molecule has 1 aromatic carbocycles. The zero-order valence-corrected chi connectivity index (χ0v) is 16.8. The highest BCUT2D eigenvalue weighted by molar-refractivity contribution is 8.00.